The van der Waals surface area contributed by atoms with Crippen molar-refractivity contribution in [2.45, 2.75) is 26.2 Å². The second-order valence-corrected chi connectivity index (χ2v) is 11.7. The van der Waals surface area contributed by atoms with Crippen LogP contribution in [0.2, 0.25) is 0 Å². The Hall–Kier alpha value is -5.52. The molecule has 0 fully saturated rings. The number of hydrogen-bond acceptors (Lipinski definition) is 5. The SMILES string of the molecule is CC(C)(C)c1ccc2c(c1)N(c1ccc3c4c(cccc14)-c1nc(C#N)c(C#N)nc1-3)c1cccc3cccc-2c13. The highest BCUT2D eigenvalue weighted by Crippen LogP contribution is 2.55. The van der Waals surface area contributed by atoms with E-state index in [1.807, 2.05) is 24.3 Å². The number of benzene rings is 5. The number of fused-ring (bicyclic) bond motifs is 5. The Bertz CT molecular complexity index is 2170. The number of nitrogens with zero attached hydrogens (tertiary/aromatic N) is 5. The predicted molar refractivity (Wildman–Crippen MR) is 163 cm³/mol. The van der Waals surface area contributed by atoms with Crippen molar-refractivity contribution >= 4 is 38.6 Å². The first-order valence-corrected chi connectivity index (χ1v) is 13.6. The van der Waals surface area contributed by atoms with Gasteiger partial charge in [0, 0.05) is 32.8 Å². The Labute approximate surface area is 237 Å². The highest BCUT2D eigenvalue weighted by molar-refractivity contribution is 6.20. The van der Waals surface area contributed by atoms with Crippen LogP contribution < -0.4 is 4.90 Å². The van der Waals surface area contributed by atoms with Crippen molar-refractivity contribution in [1.29, 1.82) is 10.5 Å². The largest absolute Gasteiger partial charge is 0.309 e. The Balaban J connectivity index is 1.46. The maximum atomic E-state index is 9.62. The lowest BCUT2D eigenvalue weighted by Crippen LogP contribution is -2.18. The minimum atomic E-state index is -0.0123. The molecule has 5 aromatic carbocycles. The number of aromatic nitrogens is 2. The van der Waals surface area contributed by atoms with Gasteiger partial charge in [-0.25, -0.2) is 9.97 Å². The van der Waals surface area contributed by atoms with Crippen LogP contribution in [0.15, 0.2) is 84.9 Å². The molecule has 1 aliphatic carbocycles. The molecule has 0 saturated carbocycles. The zero-order valence-electron chi connectivity index (χ0n) is 22.8. The highest BCUT2D eigenvalue weighted by atomic mass is 15.2. The summed E-state index contributed by atoms with van der Waals surface area (Å²) < 4.78 is 0. The molecule has 2 aliphatic rings. The van der Waals surface area contributed by atoms with Gasteiger partial charge in [-0.2, -0.15) is 10.5 Å². The van der Waals surface area contributed by atoms with Crippen LogP contribution in [0.25, 0.3) is 55.2 Å². The van der Waals surface area contributed by atoms with E-state index in [-0.39, 0.29) is 16.8 Å². The van der Waals surface area contributed by atoms with Crippen molar-refractivity contribution in [1.82, 2.24) is 9.97 Å². The normalized spacial score (nSPS) is 12.7. The van der Waals surface area contributed by atoms with Gasteiger partial charge >= 0.3 is 0 Å². The number of hydrogen-bond donors (Lipinski definition) is 0. The van der Waals surface area contributed by atoms with Crippen molar-refractivity contribution in [2.75, 3.05) is 4.90 Å². The first-order chi connectivity index (χ1) is 19.9. The second-order valence-electron chi connectivity index (χ2n) is 11.7. The molecular formula is C36H23N5. The van der Waals surface area contributed by atoms with Gasteiger partial charge in [-0.1, -0.05) is 81.4 Å². The van der Waals surface area contributed by atoms with Crippen molar-refractivity contribution in [2.24, 2.45) is 0 Å². The molecule has 5 heteroatoms. The molecule has 0 atom stereocenters. The molecule has 0 N–H and O–H groups in total. The lowest BCUT2D eigenvalue weighted by molar-refractivity contribution is 0.590. The maximum Gasteiger partial charge on any atom is 0.177 e. The quantitative estimate of drug-likeness (QED) is 0.214. The molecule has 1 aromatic heterocycles. The van der Waals surface area contributed by atoms with E-state index in [1.165, 1.54) is 27.5 Å². The first kappa shape index (κ1) is 23.4. The van der Waals surface area contributed by atoms with Crippen molar-refractivity contribution < 1.29 is 0 Å². The van der Waals surface area contributed by atoms with Gasteiger partial charge in [0.2, 0.25) is 0 Å². The minimum Gasteiger partial charge on any atom is -0.309 e. The third kappa shape index (κ3) is 3.09. The molecule has 0 amide bonds. The molecule has 192 valence electrons. The highest BCUT2D eigenvalue weighted by Gasteiger charge is 2.32. The average Bonchev–Trinajstić information content (AvgIpc) is 3.30. The Morgan fingerprint density at radius 2 is 1.24 bits per heavy atom. The van der Waals surface area contributed by atoms with E-state index in [0.29, 0.717) is 11.4 Å². The van der Waals surface area contributed by atoms with Crippen LogP contribution in [0, 0.1) is 22.7 Å². The summed E-state index contributed by atoms with van der Waals surface area (Å²) in [5.74, 6) is 0. The van der Waals surface area contributed by atoms with E-state index in [9.17, 15) is 10.5 Å². The van der Waals surface area contributed by atoms with Crippen LogP contribution in [0.3, 0.4) is 0 Å². The van der Waals surface area contributed by atoms with Gasteiger partial charge in [0.05, 0.1) is 28.5 Å². The third-order valence-corrected chi connectivity index (χ3v) is 8.39. The first-order valence-electron chi connectivity index (χ1n) is 13.6. The summed E-state index contributed by atoms with van der Waals surface area (Å²) in [5, 5.41) is 23.8. The van der Waals surface area contributed by atoms with Crippen LogP contribution in [0.5, 0.6) is 0 Å². The molecule has 6 aromatic rings. The standard InChI is InChI=1S/C36H23N5/c1-36(2,3)21-13-14-22-23-9-4-7-20-8-5-12-30(32(20)23)41(31(22)17-21)29-16-15-26-33-24(29)10-6-11-25(33)34-35(26)40-28(19-38)27(18-37)39-34/h4-17H,1-3H3. The topological polar surface area (TPSA) is 76.6 Å². The van der Waals surface area contributed by atoms with Gasteiger partial charge in [0.25, 0.3) is 0 Å². The molecule has 2 heterocycles. The van der Waals surface area contributed by atoms with Gasteiger partial charge in [0.1, 0.15) is 12.1 Å². The molecule has 0 spiro atoms. The lowest BCUT2D eigenvalue weighted by atomic mass is 9.83. The van der Waals surface area contributed by atoms with Crippen LogP contribution in [0.4, 0.5) is 17.1 Å². The number of rotatable bonds is 1. The van der Waals surface area contributed by atoms with Crippen molar-refractivity contribution in [3.8, 4) is 45.8 Å². The molecule has 0 saturated heterocycles. The summed E-state index contributed by atoms with van der Waals surface area (Å²) >= 11 is 0. The van der Waals surface area contributed by atoms with E-state index in [0.717, 1.165) is 39.0 Å². The van der Waals surface area contributed by atoms with E-state index in [1.54, 1.807) is 0 Å². The zero-order valence-corrected chi connectivity index (χ0v) is 22.8. The fourth-order valence-electron chi connectivity index (χ4n) is 6.48. The van der Waals surface area contributed by atoms with Crippen LogP contribution >= 0.6 is 0 Å². The van der Waals surface area contributed by atoms with Gasteiger partial charge in [0.15, 0.2) is 11.4 Å². The maximum absolute atomic E-state index is 9.62. The molecule has 0 radical (unpaired) electrons. The number of anilines is 3. The molecule has 0 unspecified atom stereocenters. The lowest BCUT2D eigenvalue weighted by Gasteiger charge is -2.35. The zero-order chi connectivity index (χ0) is 28.0. The van der Waals surface area contributed by atoms with Crippen LogP contribution in [0.1, 0.15) is 37.7 Å². The van der Waals surface area contributed by atoms with Gasteiger partial charge in [-0.05, 0) is 46.2 Å². The van der Waals surface area contributed by atoms with E-state index >= 15 is 0 Å². The Morgan fingerprint density at radius 3 is 1.95 bits per heavy atom. The summed E-state index contributed by atoms with van der Waals surface area (Å²) in [4.78, 5) is 11.6. The summed E-state index contributed by atoms with van der Waals surface area (Å²) in [7, 11) is 0. The monoisotopic (exact) mass is 525 g/mol. The molecule has 41 heavy (non-hydrogen) atoms. The van der Waals surface area contributed by atoms with E-state index < -0.39 is 0 Å². The van der Waals surface area contributed by atoms with Gasteiger partial charge in [-0.15, -0.1) is 0 Å². The van der Waals surface area contributed by atoms with E-state index in [4.69, 9.17) is 0 Å². The van der Waals surface area contributed by atoms with Gasteiger partial charge in [-0.3, -0.25) is 0 Å². The average molecular weight is 526 g/mol. The fourth-order valence-corrected chi connectivity index (χ4v) is 6.48. The fraction of sp³-hybridized carbons (Fsp3) is 0.111. The summed E-state index contributed by atoms with van der Waals surface area (Å²) in [5.41, 5.74) is 10.3. The summed E-state index contributed by atoms with van der Waals surface area (Å²) in [6.45, 7) is 6.74. The predicted octanol–water partition coefficient (Wildman–Crippen LogP) is 8.92. The molecule has 1 aliphatic heterocycles. The second kappa shape index (κ2) is 8.01. The summed E-state index contributed by atoms with van der Waals surface area (Å²) in [6.07, 6.45) is 0. The third-order valence-electron chi connectivity index (χ3n) is 8.39. The van der Waals surface area contributed by atoms with E-state index in [2.05, 4.69) is 108 Å². The smallest absolute Gasteiger partial charge is 0.177 e. The Morgan fingerprint density at radius 1 is 0.610 bits per heavy atom. The molecular weight excluding hydrogens is 502 g/mol. The number of nitriles is 2. The van der Waals surface area contributed by atoms with Crippen LogP contribution in [-0.4, -0.2) is 9.97 Å². The molecule has 8 rings (SSSR count). The molecule has 5 nitrogen and oxygen atoms in total. The van der Waals surface area contributed by atoms with Gasteiger partial charge < -0.3 is 4.90 Å². The minimum absolute atomic E-state index is 0.0123. The molecule has 0 bridgehead atoms. The summed E-state index contributed by atoms with van der Waals surface area (Å²) in [6, 6.07) is 34.5. The van der Waals surface area contributed by atoms with Crippen LogP contribution in [-0.2, 0) is 5.41 Å². The van der Waals surface area contributed by atoms with Crippen molar-refractivity contribution in [3.05, 3.63) is 102 Å². The van der Waals surface area contributed by atoms with Crippen molar-refractivity contribution in [3.63, 3.8) is 0 Å². The Kier molecular flexibility index (Phi) is 4.56.